The van der Waals surface area contributed by atoms with Crippen LogP contribution in [-0.4, -0.2) is 21.0 Å². The third kappa shape index (κ3) is 2.77. The Labute approximate surface area is 129 Å². The number of aromatic nitrogens is 2. The molecule has 0 saturated heterocycles. The Morgan fingerprint density at radius 2 is 2.14 bits per heavy atom. The molecule has 0 aliphatic rings. The molecule has 0 aliphatic heterocycles. The topological polar surface area (TPSA) is 62.7 Å². The minimum absolute atomic E-state index is 0.402. The average Bonchev–Trinajstić information content (AvgIpc) is 3.07. The van der Waals surface area contributed by atoms with Crippen molar-refractivity contribution in [3.05, 3.63) is 59.4 Å². The maximum absolute atomic E-state index is 10.5. The molecule has 1 unspecified atom stereocenters. The number of nitrogens with zero attached hydrogens (tertiary/aromatic N) is 2. The van der Waals surface area contributed by atoms with E-state index in [1.165, 1.54) is 0 Å². The molecule has 0 saturated carbocycles. The van der Waals surface area contributed by atoms with Crippen LogP contribution in [0.4, 0.5) is 0 Å². The number of nitrogens with one attached hydrogen (secondary N) is 1. The average molecular weight is 299 g/mol. The van der Waals surface area contributed by atoms with E-state index in [1.807, 2.05) is 50.5 Å². The van der Waals surface area contributed by atoms with E-state index >= 15 is 0 Å². The largest absolute Gasteiger partial charge is 0.463 e. The van der Waals surface area contributed by atoms with Gasteiger partial charge in [0.2, 0.25) is 0 Å². The molecule has 5 nitrogen and oxygen atoms in total. The molecule has 0 bridgehead atoms. The van der Waals surface area contributed by atoms with Crippen molar-refractivity contribution in [1.82, 2.24) is 14.7 Å². The van der Waals surface area contributed by atoms with Crippen molar-refractivity contribution in [1.29, 1.82) is 0 Å². The molecule has 0 aliphatic carbocycles. The first kappa shape index (κ1) is 14.8. The Kier molecular flexibility index (Phi) is 3.76. The minimum atomic E-state index is -1.04. The number of aliphatic hydroxyl groups is 1. The maximum atomic E-state index is 10.5. The van der Waals surface area contributed by atoms with Crippen LogP contribution in [0.2, 0.25) is 0 Å². The Morgan fingerprint density at radius 1 is 1.32 bits per heavy atom. The molecule has 5 heteroatoms. The molecule has 1 atom stereocenters. The summed E-state index contributed by atoms with van der Waals surface area (Å²) >= 11 is 0. The van der Waals surface area contributed by atoms with Gasteiger partial charge in [-0.15, -0.1) is 0 Å². The second-order valence-electron chi connectivity index (χ2n) is 5.92. The highest BCUT2D eigenvalue weighted by Gasteiger charge is 2.26. The fourth-order valence-corrected chi connectivity index (χ4v) is 2.58. The minimum Gasteiger partial charge on any atom is -0.463 e. The van der Waals surface area contributed by atoms with Crippen LogP contribution in [-0.2, 0) is 12.1 Å². The lowest BCUT2D eigenvalue weighted by molar-refractivity contribution is 0.0332. The van der Waals surface area contributed by atoms with E-state index in [1.54, 1.807) is 6.92 Å². The predicted molar refractivity (Wildman–Crippen MR) is 84.7 cm³/mol. The second kappa shape index (κ2) is 5.59. The Bertz CT molecular complexity index is 786. The summed E-state index contributed by atoms with van der Waals surface area (Å²) in [5, 5.41) is 13.8. The quantitative estimate of drug-likeness (QED) is 0.760. The summed E-state index contributed by atoms with van der Waals surface area (Å²) in [6.45, 7) is 6.69. The van der Waals surface area contributed by atoms with Gasteiger partial charge in [0.1, 0.15) is 22.8 Å². The van der Waals surface area contributed by atoms with Gasteiger partial charge in [-0.3, -0.25) is 0 Å². The SMILES string of the molecule is Cc1ccc(C(C)(O)CNCc2cnc3c(C)cccn23)o1. The number of furan rings is 1. The highest BCUT2D eigenvalue weighted by Crippen LogP contribution is 2.22. The maximum Gasteiger partial charge on any atom is 0.139 e. The first-order valence-electron chi connectivity index (χ1n) is 7.39. The predicted octanol–water partition coefficient (Wildman–Crippen LogP) is 2.54. The standard InChI is InChI=1S/C17H21N3O2/c1-12-5-4-8-20-14(10-19-16(12)20)9-18-11-17(3,21)15-7-6-13(2)22-15/h4-8,10,18,21H,9,11H2,1-3H3. The zero-order valence-corrected chi connectivity index (χ0v) is 13.1. The Morgan fingerprint density at radius 3 is 2.86 bits per heavy atom. The molecule has 0 amide bonds. The number of hydrogen-bond acceptors (Lipinski definition) is 4. The lowest BCUT2D eigenvalue weighted by Gasteiger charge is -2.21. The van der Waals surface area contributed by atoms with E-state index in [0.717, 1.165) is 22.7 Å². The smallest absolute Gasteiger partial charge is 0.139 e. The van der Waals surface area contributed by atoms with Gasteiger partial charge in [0.25, 0.3) is 0 Å². The number of rotatable bonds is 5. The summed E-state index contributed by atoms with van der Waals surface area (Å²) in [6.07, 6.45) is 3.86. The molecule has 116 valence electrons. The van der Waals surface area contributed by atoms with Crippen molar-refractivity contribution >= 4 is 5.65 Å². The van der Waals surface area contributed by atoms with Gasteiger partial charge in [0.05, 0.1) is 11.9 Å². The number of fused-ring (bicyclic) bond motifs is 1. The third-order valence-corrected chi connectivity index (χ3v) is 3.85. The monoisotopic (exact) mass is 299 g/mol. The lowest BCUT2D eigenvalue weighted by Crippen LogP contribution is -2.35. The van der Waals surface area contributed by atoms with Gasteiger partial charge in [-0.2, -0.15) is 0 Å². The second-order valence-corrected chi connectivity index (χ2v) is 5.92. The molecule has 3 aromatic rings. The van der Waals surface area contributed by atoms with Gasteiger partial charge in [-0.05, 0) is 44.5 Å². The van der Waals surface area contributed by atoms with Crippen molar-refractivity contribution in [2.75, 3.05) is 6.54 Å². The summed E-state index contributed by atoms with van der Waals surface area (Å²) in [7, 11) is 0. The first-order valence-corrected chi connectivity index (χ1v) is 7.39. The van der Waals surface area contributed by atoms with Crippen LogP contribution >= 0.6 is 0 Å². The van der Waals surface area contributed by atoms with Crippen molar-refractivity contribution in [3.8, 4) is 0 Å². The number of imidazole rings is 1. The fraction of sp³-hybridized carbons (Fsp3) is 0.353. The van der Waals surface area contributed by atoms with Crippen LogP contribution in [0.5, 0.6) is 0 Å². The highest BCUT2D eigenvalue weighted by atomic mass is 16.4. The Hall–Kier alpha value is -2.11. The molecule has 3 aromatic heterocycles. The van der Waals surface area contributed by atoms with E-state index in [0.29, 0.717) is 18.8 Å². The van der Waals surface area contributed by atoms with E-state index in [2.05, 4.69) is 14.7 Å². The van der Waals surface area contributed by atoms with Crippen molar-refractivity contribution < 1.29 is 9.52 Å². The number of pyridine rings is 1. The van der Waals surface area contributed by atoms with E-state index in [9.17, 15) is 5.11 Å². The van der Waals surface area contributed by atoms with Crippen LogP contribution in [0.25, 0.3) is 5.65 Å². The van der Waals surface area contributed by atoms with Gasteiger partial charge >= 0.3 is 0 Å². The Balaban J connectivity index is 1.68. The molecular formula is C17H21N3O2. The molecule has 3 heterocycles. The molecule has 0 radical (unpaired) electrons. The summed E-state index contributed by atoms with van der Waals surface area (Å²) in [6, 6.07) is 7.73. The molecule has 0 aromatic carbocycles. The highest BCUT2D eigenvalue weighted by molar-refractivity contribution is 5.48. The van der Waals surface area contributed by atoms with Crippen LogP contribution < -0.4 is 5.32 Å². The van der Waals surface area contributed by atoms with Crippen molar-refractivity contribution in [3.63, 3.8) is 0 Å². The summed E-state index contributed by atoms with van der Waals surface area (Å²) in [5.74, 6) is 1.37. The van der Waals surface area contributed by atoms with E-state index < -0.39 is 5.60 Å². The van der Waals surface area contributed by atoms with Crippen molar-refractivity contribution in [2.45, 2.75) is 32.9 Å². The lowest BCUT2D eigenvalue weighted by atomic mass is 10.0. The zero-order valence-electron chi connectivity index (χ0n) is 13.1. The normalized spacial score (nSPS) is 14.4. The fourth-order valence-electron chi connectivity index (χ4n) is 2.58. The molecule has 2 N–H and O–H groups in total. The first-order chi connectivity index (χ1) is 10.5. The molecule has 22 heavy (non-hydrogen) atoms. The van der Waals surface area contributed by atoms with Gasteiger partial charge < -0.3 is 19.2 Å². The van der Waals surface area contributed by atoms with Gasteiger partial charge in [0, 0.05) is 19.3 Å². The third-order valence-electron chi connectivity index (χ3n) is 3.85. The van der Waals surface area contributed by atoms with Crippen LogP contribution in [0, 0.1) is 13.8 Å². The summed E-state index contributed by atoms with van der Waals surface area (Å²) < 4.78 is 7.58. The van der Waals surface area contributed by atoms with Gasteiger partial charge in [0.15, 0.2) is 0 Å². The summed E-state index contributed by atoms with van der Waals surface area (Å²) in [4.78, 5) is 4.44. The summed E-state index contributed by atoms with van der Waals surface area (Å²) in [5.41, 5.74) is 2.13. The van der Waals surface area contributed by atoms with Crippen LogP contribution in [0.15, 0.2) is 41.1 Å². The molecular weight excluding hydrogens is 278 g/mol. The van der Waals surface area contributed by atoms with Gasteiger partial charge in [-0.1, -0.05) is 6.07 Å². The van der Waals surface area contributed by atoms with Crippen molar-refractivity contribution in [2.24, 2.45) is 0 Å². The zero-order chi connectivity index (χ0) is 15.7. The van der Waals surface area contributed by atoms with E-state index in [-0.39, 0.29) is 0 Å². The number of aryl methyl sites for hydroxylation is 2. The molecule has 0 spiro atoms. The molecule has 0 fully saturated rings. The number of hydrogen-bond donors (Lipinski definition) is 2. The van der Waals surface area contributed by atoms with E-state index in [4.69, 9.17) is 4.42 Å². The molecule has 3 rings (SSSR count). The van der Waals surface area contributed by atoms with Crippen LogP contribution in [0.1, 0.15) is 29.7 Å². The van der Waals surface area contributed by atoms with Gasteiger partial charge in [-0.25, -0.2) is 4.98 Å². The van der Waals surface area contributed by atoms with Crippen LogP contribution in [0.3, 0.4) is 0 Å².